The molecule has 0 aromatic heterocycles. The summed E-state index contributed by atoms with van der Waals surface area (Å²) in [5.74, 6) is 0.291. The fourth-order valence-corrected chi connectivity index (χ4v) is 2.11. The summed E-state index contributed by atoms with van der Waals surface area (Å²) >= 11 is 0. The molecule has 0 aliphatic carbocycles. The highest BCUT2D eigenvalue weighted by atomic mass is 16.6. The molecule has 0 aliphatic heterocycles. The molecule has 112 valence electrons. The predicted molar refractivity (Wildman–Crippen MR) is 77.3 cm³/mol. The highest BCUT2D eigenvalue weighted by Crippen LogP contribution is 2.28. The quantitative estimate of drug-likeness (QED) is 0.555. The van der Waals surface area contributed by atoms with Gasteiger partial charge in [0, 0.05) is 19.2 Å². The van der Waals surface area contributed by atoms with Crippen molar-refractivity contribution in [2.24, 2.45) is 0 Å². The Morgan fingerprint density at radius 1 is 1.40 bits per heavy atom. The molecule has 0 aliphatic rings. The molecule has 0 amide bonds. The lowest BCUT2D eigenvalue weighted by atomic mass is 10.0. The Hall–Kier alpha value is -1.66. The van der Waals surface area contributed by atoms with Crippen LogP contribution in [0.4, 0.5) is 5.69 Å². The third-order valence-electron chi connectivity index (χ3n) is 3.08. The summed E-state index contributed by atoms with van der Waals surface area (Å²) in [6.45, 7) is 3.55. The van der Waals surface area contributed by atoms with Crippen molar-refractivity contribution in [2.45, 2.75) is 25.8 Å². The van der Waals surface area contributed by atoms with Crippen LogP contribution in [0.1, 0.15) is 18.9 Å². The minimum atomic E-state index is -0.417. The minimum absolute atomic E-state index is 0.0109. The van der Waals surface area contributed by atoms with Gasteiger partial charge >= 0.3 is 5.69 Å². The molecule has 1 aromatic carbocycles. The number of nitrogens with zero attached hydrogens (tertiary/aromatic N) is 1. The largest absolute Gasteiger partial charge is 0.490 e. The predicted octanol–water partition coefficient (Wildman–Crippen LogP) is 2.16. The fourth-order valence-electron chi connectivity index (χ4n) is 2.11. The van der Waals surface area contributed by atoms with Gasteiger partial charge in [-0.3, -0.25) is 10.1 Å². The Kier molecular flexibility index (Phi) is 6.97. The molecular weight excluding hydrogens is 260 g/mol. The monoisotopic (exact) mass is 282 g/mol. The third kappa shape index (κ3) is 4.79. The van der Waals surface area contributed by atoms with Crippen LogP contribution in [0.2, 0.25) is 0 Å². The van der Waals surface area contributed by atoms with Gasteiger partial charge in [0.15, 0.2) is 5.75 Å². The number of nitro groups is 1. The van der Waals surface area contributed by atoms with Crippen LogP contribution in [0.15, 0.2) is 18.2 Å². The molecule has 1 atom stereocenters. The van der Waals surface area contributed by atoms with Crippen molar-refractivity contribution in [3.8, 4) is 5.75 Å². The van der Waals surface area contributed by atoms with Crippen molar-refractivity contribution < 1.29 is 14.4 Å². The smallest absolute Gasteiger partial charge is 0.311 e. The molecule has 1 aromatic rings. The fraction of sp³-hybridized carbons (Fsp3) is 0.571. The summed E-state index contributed by atoms with van der Waals surface area (Å²) in [7, 11) is 3.10. The first-order valence-electron chi connectivity index (χ1n) is 6.66. The molecule has 20 heavy (non-hydrogen) atoms. The molecule has 1 N–H and O–H groups in total. The van der Waals surface area contributed by atoms with Gasteiger partial charge in [0.25, 0.3) is 0 Å². The van der Waals surface area contributed by atoms with E-state index in [0.29, 0.717) is 12.4 Å². The zero-order valence-corrected chi connectivity index (χ0v) is 12.2. The average Bonchev–Trinajstić information content (AvgIpc) is 2.45. The van der Waals surface area contributed by atoms with Crippen LogP contribution in [0.3, 0.4) is 0 Å². The maximum Gasteiger partial charge on any atom is 0.311 e. The summed E-state index contributed by atoms with van der Waals surface area (Å²) in [5, 5.41) is 14.3. The zero-order chi connectivity index (χ0) is 15.0. The van der Waals surface area contributed by atoms with E-state index in [-0.39, 0.29) is 11.7 Å². The minimum Gasteiger partial charge on any atom is -0.490 e. The van der Waals surface area contributed by atoms with Crippen LogP contribution in [0.25, 0.3) is 0 Å². The van der Waals surface area contributed by atoms with E-state index in [4.69, 9.17) is 9.47 Å². The van der Waals surface area contributed by atoms with Gasteiger partial charge < -0.3 is 14.8 Å². The van der Waals surface area contributed by atoms with Gasteiger partial charge in [-0.15, -0.1) is 0 Å². The van der Waals surface area contributed by atoms with E-state index < -0.39 is 4.92 Å². The Morgan fingerprint density at radius 2 is 2.15 bits per heavy atom. The normalized spacial score (nSPS) is 12.2. The van der Waals surface area contributed by atoms with Crippen LogP contribution in [-0.2, 0) is 11.2 Å². The molecule has 0 saturated heterocycles. The van der Waals surface area contributed by atoms with Gasteiger partial charge in [0.2, 0.25) is 0 Å². The maximum absolute atomic E-state index is 11.0. The number of nitro benzene ring substituents is 1. The van der Waals surface area contributed by atoms with Crippen LogP contribution < -0.4 is 10.1 Å². The standard InChI is InChI=1S/C14H22N2O4/c1-4-15-12(10-19-2)7-5-11-6-8-14(20-3)13(9-11)16(17)18/h6,8-9,12,15H,4-5,7,10H2,1-3H3. The number of hydrogen-bond acceptors (Lipinski definition) is 5. The number of ether oxygens (including phenoxy) is 2. The zero-order valence-electron chi connectivity index (χ0n) is 12.2. The summed E-state index contributed by atoms with van der Waals surface area (Å²) in [5.41, 5.74) is 0.938. The maximum atomic E-state index is 11.0. The van der Waals surface area contributed by atoms with Gasteiger partial charge in [0.1, 0.15) is 0 Å². The van der Waals surface area contributed by atoms with Crippen molar-refractivity contribution in [2.75, 3.05) is 27.4 Å². The number of aryl methyl sites for hydroxylation is 1. The first-order chi connectivity index (χ1) is 9.62. The number of likely N-dealkylation sites (N-methyl/N-ethyl adjacent to an activating group) is 1. The van der Waals surface area contributed by atoms with Crippen molar-refractivity contribution in [3.05, 3.63) is 33.9 Å². The van der Waals surface area contributed by atoms with E-state index in [2.05, 4.69) is 5.32 Å². The first kappa shape index (κ1) is 16.4. The highest BCUT2D eigenvalue weighted by Gasteiger charge is 2.15. The number of benzene rings is 1. The van der Waals surface area contributed by atoms with Gasteiger partial charge in [-0.1, -0.05) is 13.0 Å². The van der Waals surface area contributed by atoms with Crippen LogP contribution in [-0.4, -0.2) is 38.3 Å². The Balaban J connectivity index is 2.72. The van der Waals surface area contributed by atoms with E-state index in [0.717, 1.165) is 24.9 Å². The van der Waals surface area contributed by atoms with Crippen molar-refractivity contribution in [1.29, 1.82) is 0 Å². The van der Waals surface area contributed by atoms with Crippen molar-refractivity contribution >= 4 is 5.69 Å². The number of rotatable bonds is 9. The molecule has 6 nitrogen and oxygen atoms in total. The van der Waals surface area contributed by atoms with E-state index in [1.807, 2.05) is 13.0 Å². The van der Waals surface area contributed by atoms with E-state index in [1.165, 1.54) is 7.11 Å². The van der Waals surface area contributed by atoms with Crippen LogP contribution >= 0.6 is 0 Å². The molecule has 0 fully saturated rings. The van der Waals surface area contributed by atoms with Crippen molar-refractivity contribution in [3.63, 3.8) is 0 Å². The van der Waals surface area contributed by atoms with Gasteiger partial charge in [-0.25, -0.2) is 0 Å². The van der Waals surface area contributed by atoms with Gasteiger partial charge in [-0.05, 0) is 31.0 Å². The third-order valence-corrected chi connectivity index (χ3v) is 3.08. The van der Waals surface area contributed by atoms with Gasteiger partial charge in [-0.2, -0.15) is 0 Å². The average molecular weight is 282 g/mol. The first-order valence-corrected chi connectivity index (χ1v) is 6.66. The van der Waals surface area contributed by atoms with E-state index >= 15 is 0 Å². The SMILES string of the molecule is CCNC(CCc1ccc(OC)c([N+](=O)[O-])c1)COC. The second-order valence-corrected chi connectivity index (χ2v) is 4.51. The molecular formula is C14H22N2O4. The molecule has 0 radical (unpaired) electrons. The lowest BCUT2D eigenvalue weighted by Crippen LogP contribution is -2.33. The van der Waals surface area contributed by atoms with E-state index in [9.17, 15) is 10.1 Å². The molecule has 0 bridgehead atoms. The molecule has 0 heterocycles. The molecule has 0 saturated carbocycles. The van der Waals surface area contributed by atoms with Gasteiger partial charge in [0.05, 0.1) is 18.6 Å². The Morgan fingerprint density at radius 3 is 2.70 bits per heavy atom. The second kappa shape index (κ2) is 8.50. The Bertz CT molecular complexity index is 431. The number of nitrogens with one attached hydrogen (secondary N) is 1. The number of hydrogen-bond donors (Lipinski definition) is 1. The van der Waals surface area contributed by atoms with Crippen molar-refractivity contribution in [1.82, 2.24) is 5.32 Å². The highest BCUT2D eigenvalue weighted by molar-refractivity contribution is 5.48. The molecule has 6 heteroatoms. The summed E-state index contributed by atoms with van der Waals surface area (Å²) in [6.07, 6.45) is 1.62. The number of methoxy groups -OCH3 is 2. The summed E-state index contributed by atoms with van der Waals surface area (Å²) in [6, 6.07) is 5.34. The lowest BCUT2D eigenvalue weighted by molar-refractivity contribution is -0.385. The topological polar surface area (TPSA) is 73.6 Å². The molecule has 1 unspecified atom stereocenters. The second-order valence-electron chi connectivity index (χ2n) is 4.51. The van der Waals surface area contributed by atoms with Crippen LogP contribution in [0.5, 0.6) is 5.75 Å². The summed E-state index contributed by atoms with van der Waals surface area (Å²) < 4.78 is 10.1. The molecule has 0 spiro atoms. The molecule has 1 rings (SSSR count). The van der Waals surface area contributed by atoms with E-state index in [1.54, 1.807) is 19.2 Å². The summed E-state index contributed by atoms with van der Waals surface area (Å²) in [4.78, 5) is 10.6. The lowest BCUT2D eigenvalue weighted by Gasteiger charge is -2.16. The Labute approximate surface area is 119 Å². The van der Waals surface area contributed by atoms with Crippen LogP contribution in [0, 0.1) is 10.1 Å².